The number of aliphatic hydroxyl groups is 1. The van der Waals surface area contributed by atoms with Crippen LogP contribution in [0.5, 0.6) is 0 Å². The quantitative estimate of drug-likeness (QED) is 0.838. The minimum atomic E-state index is -4.42. The van der Waals surface area contributed by atoms with Crippen molar-refractivity contribution in [2.24, 2.45) is 0 Å². The van der Waals surface area contributed by atoms with Crippen LogP contribution in [-0.4, -0.2) is 34.6 Å². The van der Waals surface area contributed by atoms with Crippen LogP contribution in [0.4, 0.5) is 18.9 Å². The molecule has 2 heterocycles. The number of fused-ring (bicyclic) bond motifs is 3. The van der Waals surface area contributed by atoms with Crippen molar-refractivity contribution in [1.29, 1.82) is 0 Å². The van der Waals surface area contributed by atoms with Gasteiger partial charge in [0.05, 0.1) is 23.8 Å². The van der Waals surface area contributed by atoms with Crippen LogP contribution in [0.15, 0.2) is 48.5 Å². The molecular weight excluding hydrogens is 357 g/mol. The lowest BCUT2D eigenvalue weighted by molar-refractivity contribution is -0.137. The summed E-state index contributed by atoms with van der Waals surface area (Å²) in [5.74, 6) is -0.0532. The number of aliphatic hydroxyl groups excluding tert-OH is 1. The Morgan fingerprint density at radius 2 is 1.89 bits per heavy atom. The van der Waals surface area contributed by atoms with E-state index in [2.05, 4.69) is 5.32 Å². The van der Waals surface area contributed by atoms with E-state index in [0.717, 1.165) is 17.7 Å². The second-order valence-electron chi connectivity index (χ2n) is 7.02. The first-order valence-electron chi connectivity index (χ1n) is 8.86. The molecule has 0 aromatic heterocycles. The summed E-state index contributed by atoms with van der Waals surface area (Å²) in [4.78, 5) is 14.4. The maximum absolute atomic E-state index is 12.9. The van der Waals surface area contributed by atoms with Crippen LogP contribution in [0.25, 0.3) is 0 Å². The molecule has 2 aliphatic rings. The summed E-state index contributed by atoms with van der Waals surface area (Å²) >= 11 is 0. The molecule has 7 heteroatoms. The van der Waals surface area contributed by atoms with Gasteiger partial charge < -0.3 is 15.3 Å². The van der Waals surface area contributed by atoms with Gasteiger partial charge >= 0.3 is 6.18 Å². The monoisotopic (exact) mass is 376 g/mol. The molecule has 1 amide bonds. The number of anilines is 1. The largest absolute Gasteiger partial charge is 0.416 e. The predicted octanol–water partition coefficient (Wildman–Crippen LogP) is 3.84. The zero-order valence-corrected chi connectivity index (χ0v) is 14.4. The van der Waals surface area contributed by atoms with Crippen LogP contribution in [0.3, 0.4) is 0 Å². The third-order valence-corrected chi connectivity index (χ3v) is 5.34. The molecule has 2 aromatic carbocycles. The first-order chi connectivity index (χ1) is 12.8. The molecule has 0 aliphatic carbocycles. The maximum Gasteiger partial charge on any atom is 0.416 e. The summed E-state index contributed by atoms with van der Waals surface area (Å²) < 4.78 is 38.7. The molecule has 3 atom stereocenters. The fraction of sp³-hybridized carbons (Fsp3) is 0.350. The summed E-state index contributed by atoms with van der Waals surface area (Å²) in [6, 6.07) is 11.7. The van der Waals surface area contributed by atoms with Crippen LogP contribution in [0.1, 0.15) is 40.4 Å². The summed E-state index contributed by atoms with van der Waals surface area (Å²) in [6.45, 7) is 0.436. The molecule has 0 unspecified atom stereocenters. The highest BCUT2D eigenvalue weighted by Crippen LogP contribution is 2.39. The van der Waals surface area contributed by atoms with E-state index >= 15 is 0 Å². The van der Waals surface area contributed by atoms with Crippen LogP contribution in [0, 0.1) is 0 Å². The Balaban J connectivity index is 1.54. The van der Waals surface area contributed by atoms with Gasteiger partial charge in [-0.2, -0.15) is 13.2 Å². The molecule has 0 radical (unpaired) electrons. The smallest absolute Gasteiger partial charge is 0.391 e. The molecule has 0 saturated carbocycles. The van der Waals surface area contributed by atoms with Gasteiger partial charge in [-0.25, -0.2) is 0 Å². The Morgan fingerprint density at radius 3 is 2.67 bits per heavy atom. The zero-order valence-electron chi connectivity index (χ0n) is 14.4. The van der Waals surface area contributed by atoms with Crippen LogP contribution in [-0.2, 0) is 6.18 Å². The molecule has 0 spiro atoms. The Morgan fingerprint density at radius 1 is 1.11 bits per heavy atom. The number of carbonyl (C=O) groups is 1. The van der Waals surface area contributed by atoms with Gasteiger partial charge in [-0.05, 0) is 42.7 Å². The molecule has 0 bridgehead atoms. The molecule has 2 aliphatic heterocycles. The third kappa shape index (κ3) is 3.27. The molecule has 4 nitrogen and oxygen atoms in total. The van der Waals surface area contributed by atoms with Crippen LogP contribution in [0.2, 0.25) is 0 Å². The Bertz CT molecular complexity index is 868. The number of halogens is 3. The summed E-state index contributed by atoms with van der Waals surface area (Å²) in [5, 5.41) is 13.7. The van der Waals surface area contributed by atoms with Crippen molar-refractivity contribution in [3.8, 4) is 0 Å². The van der Waals surface area contributed by atoms with Crippen LogP contribution >= 0.6 is 0 Å². The number of nitrogens with zero attached hydrogens (tertiary/aromatic N) is 1. The minimum absolute atomic E-state index is 0.0532. The SMILES string of the molecule is O=C1c2ccccc2[C@@H]2C[C@@H](O)[C@H](Nc3cccc(C(F)(F)F)c3)CCN12. The van der Waals surface area contributed by atoms with Gasteiger partial charge in [-0.1, -0.05) is 24.3 Å². The standard InChI is InChI=1S/C20H19F3N2O2/c21-20(22,23)12-4-3-5-13(10-12)24-16-8-9-25-17(11-18(16)26)14-6-1-2-7-15(14)19(25)27/h1-7,10,16-18,24,26H,8-9,11H2/t16-,17+,18-/m1/s1. The van der Waals surface area contributed by atoms with Crippen molar-refractivity contribution >= 4 is 11.6 Å². The highest BCUT2D eigenvalue weighted by molar-refractivity contribution is 5.99. The maximum atomic E-state index is 12.9. The fourth-order valence-electron chi connectivity index (χ4n) is 3.99. The van der Waals surface area contributed by atoms with Gasteiger partial charge in [0.1, 0.15) is 0 Å². The van der Waals surface area contributed by atoms with Gasteiger partial charge in [0.25, 0.3) is 5.91 Å². The van der Waals surface area contributed by atoms with E-state index in [1.807, 2.05) is 18.2 Å². The number of amides is 1. The predicted molar refractivity (Wildman–Crippen MR) is 94.3 cm³/mol. The lowest BCUT2D eigenvalue weighted by Gasteiger charge is -2.24. The molecule has 142 valence electrons. The molecule has 1 saturated heterocycles. The van der Waals surface area contributed by atoms with Crippen molar-refractivity contribution in [2.45, 2.75) is 37.2 Å². The van der Waals surface area contributed by atoms with Crippen molar-refractivity contribution in [2.75, 3.05) is 11.9 Å². The van der Waals surface area contributed by atoms with E-state index in [-0.39, 0.29) is 11.9 Å². The second kappa shape index (κ2) is 6.56. The van der Waals surface area contributed by atoms with E-state index in [9.17, 15) is 23.1 Å². The first-order valence-corrected chi connectivity index (χ1v) is 8.86. The molecule has 27 heavy (non-hydrogen) atoms. The number of nitrogens with one attached hydrogen (secondary N) is 1. The van der Waals surface area contributed by atoms with Crippen molar-refractivity contribution in [3.05, 3.63) is 65.2 Å². The normalized spacial score (nSPS) is 25.0. The molecule has 2 aromatic rings. The summed E-state index contributed by atoms with van der Waals surface area (Å²) in [5.41, 5.74) is 1.14. The van der Waals surface area contributed by atoms with Crippen molar-refractivity contribution < 1.29 is 23.1 Å². The summed E-state index contributed by atoms with van der Waals surface area (Å²) in [6.07, 6.45) is -4.40. The minimum Gasteiger partial charge on any atom is -0.391 e. The lowest BCUT2D eigenvalue weighted by atomic mass is 9.97. The molecule has 4 rings (SSSR count). The highest BCUT2D eigenvalue weighted by atomic mass is 19.4. The number of benzene rings is 2. The van der Waals surface area contributed by atoms with Crippen LogP contribution < -0.4 is 5.32 Å². The van der Waals surface area contributed by atoms with E-state index in [4.69, 9.17) is 0 Å². The molecule has 1 fully saturated rings. The van der Waals surface area contributed by atoms with E-state index in [1.165, 1.54) is 6.07 Å². The Labute approximate surface area is 154 Å². The third-order valence-electron chi connectivity index (χ3n) is 5.34. The molecule has 2 N–H and O–H groups in total. The number of alkyl halides is 3. The lowest BCUT2D eigenvalue weighted by Crippen LogP contribution is -2.33. The number of hydrogen-bond donors (Lipinski definition) is 2. The van der Waals surface area contributed by atoms with Gasteiger partial charge in [0.2, 0.25) is 0 Å². The van der Waals surface area contributed by atoms with Gasteiger partial charge in [-0.15, -0.1) is 0 Å². The van der Waals surface area contributed by atoms with Crippen molar-refractivity contribution in [1.82, 2.24) is 4.90 Å². The number of carbonyl (C=O) groups excluding carboxylic acids is 1. The second-order valence-corrected chi connectivity index (χ2v) is 7.02. The van der Waals surface area contributed by atoms with Gasteiger partial charge in [0.15, 0.2) is 0 Å². The summed E-state index contributed by atoms with van der Waals surface area (Å²) in [7, 11) is 0. The zero-order chi connectivity index (χ0) is 19.2. The fourth-order valence-corrected chi connectivity index (χ4v) is 3.99. The topological polar surface area (TPSA) is 52.6 Å². The number of hydrogen-bond acceptors (Lipinski definition) is 3. The molecular formula is C20H19F3N2O2. The van der Waals surface area contributed by atoms with Crippen molar-refractivity contribution in [3.63, 3.8) is 0 Å². The Hall–Kier alpha value is -2.54. The van der Waals surface area contributed by atoms with E-state index < -0.39 is 23.9 Å². The number of rotatable bonds is 2. The average Bonchev–Trinajstić information content (AvgIpc) is 2.79. The Kier molecular flexibility index (Phi) is 4.34. The van der Waals surface area contributed by atoms with Gasteiger partial charge in [-0.3, -0.25) is 4.79 Å². The average molecular weight is 376 g/mol. The van der Waals surface area contributed by atoms with E-state index in [0.29, 0.717) is 30.6 Å². The van der Waals surface area contributed by atoms with E-state index in [1.54, 1.807) is 17.0 Å². The highest BCUT2D eigenvalue weighted by Gasteiger charge is 2.41. The van der Waals surface area contributed by atoms with Gasteiger partial charge in [0, 0.05) is 17.8 Å². The first kappa shape index (κ1) is 17.9.